The lowest BCUT2D eigenvalue weighted by atomic mass is 10.1. The van der Waals surface area contributed by atoms with Crippen LogP contribution in [-0.4, -0.2) is 32.3 Å². The second-order valence-electron chi connectivity index (χ2n) is 5.01. The molecule has 1 rings (SSSR count). The topological polar surface area (TPSA) is 36.4 Å². The number of hydrogen-bond donors (Lipinski definition) is 2. The van der Waals surface area contributed by atoms with Crippen LogP contribution in [0.4, 0.5) is 0 Å². The molecule has 0 radical (unpaired) electrons. The minimum absolute atomic E-state index is 0.136. The van der Waals surface area contributed by atoms with Gasteiger partial charge >= 0.3 is 0 Å². The third kappa shape index (κ3) is 4.98. The van der Waals surface area contributed by atoms with Gasteiger partial charge in [-0.2, -0.15) is 0 Å². The Morgan fingerprint density at radius 2 is 1.16 bits per heavy atom. The van der Waals surface area contributed by atoms with Crippen molar-refractivity contribution >= 4 is 145 Å². The van der Waals surface area contributed by atoms with Crippen molar-refractivity contribution in [2.75, 3.05) is 0 Å². The summed E-state index contributed by atoms with van der Waals surface area (Å²) in [5, 5.41) is 5.29. The van der Waals surface area contributed by atoms with Gasteiger partial charge in [0.2, 0.25) is 20.8 Å². The van der Waals surface area contributed by atoms with Gasteiger partial charge in [0.25, 0.3) is 0 Å². The lowest BCUT2D eigenvalue weighted by Gasteiger charge is -2.56. The highest BCUT2D eigenvalue weighted by Gasteiger charge is 2.73. The van der Waals surface area contributed by atoms with E-state index in [2.05, 4.69) is 15.6 Å². The molecule has 15 heteroatoms. The first kappa shape index (κ1) is 25.9. The number of rotatable bonds is 2. The molecule has 0 aromatic rings. The van der Waals surface area contributed by atoms with Crippen LogP contribution in [0, 0.1) is 0 Å². The van der Waals surface area contributed by atoms with Gasteiger partial charge in [0.15, 0.2) is 5.66 Å². The van der Waals surface area contributed by atoms with E-state index in [0.29, 0.717) is 6.42 Å². The maximum atomic E-state index is 6.09. The van der Waals surface area contributed by atoms with Crippen molar-refractivity contribution in [3.63, 3.8) is 0 Å². The molecule has 0 saturated heterocycles. The first-order chi connectivity index (χ1) is 10.8. The minimum Gasteiger partial charge on any atom is -0.349 e. The predicted molar refractivity (Wildman–Crippen MR) is 115 cm³/mol. The van der Waals surface area contributed by atoms with Crippen LogP contribution in [0.15, 0.2) is 4.99 Å². The molecule has 0 bridgehead atoms. The molecule has 0 unspecified atom stereocenters. The van der Waals surface area contributed by atoms with E-state index >= 15 is 0 Å². The molecule has 148 valence electrons. The normalized spacial score (nSPS) is 21.6. The summed E-state index contributed by atoms with van der Waals surface area (Å²) in [4.78, 5) is 4.22. The van der Waals surface area contributed by atoms with Gasteiger partial charge in [-0.25, -0.2) is 4.99 Å². The predicted octanol–water partition coefficient (Wildman–Crippen LogP) is 7.25. The van der Waals surface area contributed by atoms with E-state index in [9.17, 15) is 0 Å². The van der Waals surface area contributed by atoms with Gasteiger partial charge in [0.1, 0.15) is 5.84 Å². The summed E-state index contributed by atoms with van der Waals surface area (Å²) in [6.07, 6.45) is 0.867. The standard InChI is InChI=1S/C10H9Cl12N3/c1-2-3-4-23-5(7(11,12)13,8(14,15)16)25-6(24-4,9(17,18)19)10(20,21)22/h25H,2-3H2,1H3,(H,23,24). The molecule has 2 N–H and O–H groups in total. The lowest BCUT2D eigenvalue weighted by molar-refractivity contribution is 0.177. The Kier molecular flexibility index (Phi) is 8.52. The first-order valence-corrected chi connectivity index (χ1v) is 10.8. The van der Waals surface area contributed by atoms with Gasteiger partial charge < -0.3 is 5.32 Å². The summed E-state index contributed by atoms with van der Waals surface area (Å²) in [6, 6.07) is 0. The van der Waals surface area contributed by atoms with E-state index in [0.717, 1.165) is 0 Å². The van der Waals surface area contributed by atoms with Gasteiger partial charge in [-0.15, -0.1) is 0 Å². The number of hydrogen-bond acceptors (Lipinski definition) is 3. The fourth-order valence-corrected chi connectivity index (χ4v) is 5.68. The highest BCUT2D eigenvalue weighted by Crippen LogP contribution is 2.59. The lowest BCUT2D eigenvalue weighted by Crippen LogP contribution is -2.84. The summed E-state index contributed by atoms with van der Waals surface area (Å²) in [6.45, 7) is 1.84. The SMILES string of the molecule is CCCC1=NC(C(Cl)(Cl)Cl)(C(Cl)(Cl)Cl)NC(C(Cl)(Cl)Cl)(C(Cl)(Cl)Cl)N1. The van der Waals surface area contributed by atoms with Crippen molar-refractivity contribution in [3.05, 3.63) is 0 Å². The largest absolute Gasteiger partial charge is 0.349 e. The van der Waals surface area contributed by atoms with E-state index in [1.54, 1.807) is 0 Å². The van der Waals surface area contributed by atoms with Crippen LogP contribution < -0.4 is 10.6 Å². The zero-order chi connectivity index (χ0) is 20.1. The summed E-state index contributed by atoms with van der Waals surface area (Å²) < 4.78 is -9.33. The minimum atomic E-state index is -2.35. The number of halogens is 12. The van der Waals surface area contributed by atoms with Crippen LogP contribution >= 0.6 is 139 Å². The number of nitrogens with zero attached hydrogens (tertiary/aromatic N) is 1. The van der Waals surface area contributed by atoms with E-state index in [4.69, 9.17) is 139 Å². The molecule has 25 heavy (non-hydrogen) atoms. The highest BCUT2D eigenvalue weighted by atomic mass is 35.6. The molecule has 0 saturated carbocycles. The van der Waals surface area contributed by atoms with Crippen LogP contribution in [0.25, 0.3) is 0 Å². The number of alkyl halides is 12. The fraction of sp³-hybridized carbons (Fsp3) is 0.900. The van der Waals surface area contributed by atoms with Crippen molar-refractivity contribution < 1.29 is 0 Å². The zero-order valence-electron chi connectivity index (χ0n) is 11.9. The molecule has 0 spiro atoms. The van der Waals surface area contributed by atoms with Crippen LogP contribution in [0.5, 0.6) is 0 Å². The van der Waals surface area contributed by atoms with Crippen LogP contribution in [0.3, 0.4) is 0 Å². The highest BCUT2D eigenvalue weighted by molar-refractivity contribution is 6.75. The Balaban J connectivity index is 3.84. The van der Waals surface area contributed by atoms with E-state index in [1.807, 2.05) is 6.92 Å². The van der Waals surface area contributed by atoms with Crippen LogP contribution in [-0.2, 0) is 0 Å². The molecule has 0 amide bonds. The molecule has 1 aliphatic heterocycles. The molecule has 0 atom stereocenters. The van der Waals surface area contributed by atoms with Crippen LogP contribution in [0.2, 0.25) is 0 Å². The Morgan fingerprint density at radius 3 is 1.44 bits per heavy atom. The molecule has 3 nitrogen and oxygen atoms in total. The number of amidine groups is 1. The van der Waals surface area contributed by atoms with Crippen molar-refractivity contribution in [1.29, 1.82) is 0 Å². The van der Waals surface area contributed by atoms with Gasteiger partial charge in [0, 0.05) is 6.42 Å². The zero-order valence-corrected chi connectivity index (χ0v) is 21.0. The van der Waals surface area contributed by atoms with Crippen molar-refractivity contribution in [3.8, 4) is 0 Å². The molecule has 1 aliphatic rings. The Bertz CT molecular complexity index is 495. The second-order valence-corrected chi connectivity index (χ2v) is 14.1. The average Bonchev–Trinajstić information content (AvgIpc) is 2.33. The molecular weight excluding hydrogens is 588 g/mol. The molecule has 0 fully saturated rings. The van der Waals surface area contributed by atoms with Gasteiger partial charge in [-0.05, 0) is 6.42 Å². The summed E-state index contributed by atoms with van der Waals surface area (Å²) in [5.41, 5.74) is -4.44. The third-order valence-electron chi connectivity index (χ3n) is 3.16. The van der Waals surface area contributed by atoms with Gasteiger partial charge in [0.05, 0.1) is 0 Å². The fourth-order valence-electron chi connectivity index (χ4n) is 2.01. The smallest absolute Gasteiger partial charge is 0.232 e. The molecule has 0 aliphatic carbocycles. The summed E-state index contributed by atoms with van der Waals surface area (Å²) in [7, 11) is 0. The molecule has 1 heterocycles. The Morgan fingerprint density at radius 1 is 0.760 bits per heavy atom. The van der Waals surface area contributed by atoms with Crippen molar-refractivity contribution in [1.82, 2.24) is 10.6 Å². The Hall–Kier alpha value is 2.91. The quantitative estimate of drug-likeness (QED) is 0.330. The van der Waals surface area contributed by atoms with E-state index < -0.39 is 26.5 Å². The van der Waals surface area contributed by atoms with Gasteiger partial charge in [-0.1, -0.05) is 146 Å². The third-order valence-corrected chi connectivity index (χ3v) is 6.50. The van der Waals surface area contributed by atoms with Crippen molar-refractivity contribution in [2.45, 2.75) is 46.3 Å². The maximum absolute atomic E-state index is 6.09. The molecular formula is C10H9Cl12N3. The maximum Gasteiger partial charge on any atom is 0.232 e. The summed E-state index contributed by atoms with van der Waals surface area (Å²) >= 11 is 72.9. The van der Waals surface area contributed by atoms with Crippen molar-refractivity contribution in [2.24, 2.45) is 4.99 Å². The monoisotopic (exact) mass is 591 g/mol. The molecule has 0 aromatic carbocycles. The van der Waals surface area contributed by atoms with E-state index in [-0.39, 0.29) is 12.3 Å². The van der Waals surface area contributed by atoms with E-state index in [1.165, 1.54) is 0 Å². The number of nitrogens with one attached hydrogen (secondary N) is 2. The molecule has 0 aromatic heterocycles. The summed E-state index contributed by atoms with van der Waals surface area (Å²) in [5.74, 6) is 0.136. The first-order valence-electron chi connectivity index (χ1n) is 6.28. The Labute approximate surface area is 205 Å². The second kappa shape index (κ2) is 8.21. The number of aliphatic imine (C=N–C) groups is 1. The van der Waals surface area contributed by atoms with Gasteiger partial charge in [-0.3, -0.25) is 5.32 Å². The van der Waals surface area contributed by atoms with Crippen LogP contribution in [0.1, 0.15) is 19.8 Å². The average molecular weight is 597 g/mol.